The van der Waals surface area contributed by atoms with Crippen LogP contribution >= 0.6 is 0 Å². The smallest absolute Gasteiger partial charge is 0.261 e. The quantitative estimate of drug-likeness (QED) is 0.383. The van der Waals surface area contributed by atoms with E-state index in [4.69, 9.17) is 4.74 Å². The molecule has 1 amide bonds. The van der Waals surface area contributed by atoms with Crippen molar-refractivity contribution in [3.8, 4) is 5.75 Å². The van der Waals surface area contributed by atoms with Crippen molar-refractivity contribution in [2.24, 2.45) is 5.92 Å². The zero-order valence-corrected chi connectivity index (χ0v) is 24.4. The van der Waals surface area contributed by atoms with E-state index < -0.39 is 43.9 Å². The van der Waals surface area contributed by atoms with E-state index in [0.717, 1.165) is 16.4 Å². The fourth-order valence-electron chi connectivity index (χ4n) is 4.46. The van der Waals surface area contributed by atoms with Crippen molar-refractivity contribution in [1.82, 2.24) is 9.21 Å². The van der Waals surface area contributed by atoms with Gasteiger partial charge in [0.25, 0.3) is 15.9 Å². The highest BCUT2D eigenvalue weighted by atomic mass is 32.2. The number of aliphatic hydroxyl groups excluding tert-OH is 1. The average Bonchev–Trinajstić information content (AvgIpc) is 2.95. The average molecular weight is 606 g/mol. The molecule has 0 spiro atoms. The Balaban J connectivity index is 1.68. The van der Waals surface area contributed by atoms with Gasteiger partial charge in [0.2, 0.25) is 10.0 Å². The number of fused-ring (bicyclic) bond motifs is 1. The van der Waals surface area contributed by atoms with E-state index in [1.54, 1.807) is 32.0 Å². The number of hydrogen-bond donors (Lipinski definition) is 2. The summed E-state index contributed by atoms with van der Waals surface area (Å²) in [7, 11) is -6.54. The number of sulfonamides is 2. The van der Waals surface area contributed by atoms with Gasteiger partial charge in [0.1, 0.15) is 17.7 Å². The van der Waals surface area contributed by atoms with Crippen molar-refractivity contribution in [1.29, 1.82) is 0 Å². The van der Waals surface area contributed by atoms with Gasteiger partial charge in [-0.15, -0.1) is 0 Å². The molecule has 0 saturated carbocycles. The Hall–Kier alpha value is -3.52. The van der Waals surface area contributed by atoms with Gasteiger partial charge in [-0.05, 0) is 61.5 Å². The molecule has 4 rings (SSSR count). The molecule has 13 heteroatoms. The van der Waals surface area contributed by atoms with Crippen molar-refractivity contribution in [2.75, 3.05) is 31.5 Å². The standard InChI is InChI=1S/C28H32FN3O7S2/c1-19-16-32(20(2)18-33)28(34)25-15-22(30-40(35,36)23-7-5-4-6-8-23)11-14-26(25)39-27(19)17-31(3)41(37,38)24-12-9-21(29)10-13-24/h4-15,19-20,27,30,33H,16-18H2,1-3H3/t19-,20+,27+/m1/s1. The van der Waals surface area contributed by atoms with Crippen LogP contribution in [0.3, 0.4) is 0 Å². The molecule has 0 radical (unpaired) electrons. The number of benzene rings is 3. The third kappa shape index (κ3) is 6.70. The number of nitrogens with zero attached hydrogens (tertiary/aromatic N) is 2. The van der Waals surface area contributed by atoms with E-state index in [-0.39, 0.29) is 52.4 Å². The van der Waals surface area contributed by atoms with Crippen molar-refractivity contribution in [3.05, 3.63) is 84.2 Å². The Morgan fingerprint density at radius 2 is 1.71 bits per heavy atom. The number of amides is 1. The third-order valence-electron chi connectivity index (χ3n) is 6.93. The van der Waals surface area contributed by atoms with Crippen LogP contribution < -0.4 is 9.46 Å². The molecule has 0 unspecified atom stereocenters. The van der Waals surface area contributed by atoms with Crippen LogP contribution in [0.25, 0.3) is 0 Å². The lowest BCUT2D eigenvalue weighted by Gasteiger charge is -2.38. The van der Waals surface area contributed by atoms with E-state index in [1.807, 2.05) is 0 Å². The van der Waals surface area contributed by atoms with Crippen molar-refractivity contribution < 1.29 is 35.9 Å². The van der Waals surface area contributed by atoms with Crippen LogP contribution in [0.5, 0.6) is 5.75 Å². The number of anilines is 1. The highest BCUT2D eigenvalue weighted by Gasteiger charge is 2.35. The summed E-state index contributed by atoms with van der Waals surface area (Å²) >= 11 is 0. The summed E-state index contributed by atoms with van der Waals surface area (Å²) in [6, 6.07) is 15.9. The molecule has 220 valence electrons. The lowest BCUT2D eigenvalue weighted by Crippen LogP contribution is -2.50. The molecule has 1 heterocycles. The van der Waals surface area contributed by atoms with Gasteiger partial charge >= 0.3 is 0 Å². The van der Waals surface area contributed by atoms with E-state index in [9.17, 15) is 31.1 Å². The molecule has 1 aliphatic rings. The fourth-order valence-corrected chi connectivity index (χ4v) is 6.71. The van der Waals surface area contributed by atoms with Gasteiger partial charge in [-0.2, -0.15) is 4.31 Å². The highest BCUT2D eigenvalue weighted by Crippen LogP contribution is 2.32. The van der Waals surface area contributed by atoms with E-state index in [2.05, 4.69) is 4.72 Å². The Morgan fingerprint density at radius 3 is 2.34 bits per heavy atom. The Morgan fingerprint density at radius 1 is 1.05 bits per heavy atom. The molecule has 3 aromatic carbocycles. The largest absolute Gasteiger partial charge is 0.488 e. The summed E-state index contributed by atoms with van der Waals surface area (Å²) < 4.78 is 75.3. The predicted molar refractivity (Wildman–Crippen MR) is 151 cm³/mol. The first-order chi connectivity index (χ1) is 19.3. The van der Waals surface area contributed by atoms with Gasteiger partial charge in [-0.1, -0.05) is 25.1 Å². The minimum atomic E-state index is -3.99. The number of aliphatic hydroxyl groups is 1. The predicted octanol–water partition coefficient (Wildman–Crippen LogP) is 3.17. The Bertz CT molecular complexity index is 1600. The maximum Gasteiger partial charge on any atom is 0.261 e. The molecule has 0 fully saturated rings. The van der Waals surface area contributed by atoms with Gasteiger partial charge in [-0.25, -0.2) is 21.2 Å². The SMILES string of the molecule is C[C@@H]1CN([C@@H](C)CO)C(=O)c2cc(NS(=O)(=O)c3ccccc3)ccc2O[C@H]1CN(C)S(=O)(=O)c1ccc(F)cc1. The number of carbonyl (C=O) groups excluding carboxylic acids is 1. The summed E-state index contributed by atoms with van der Waals surface area (Å²) in [4.78, 5) is 15.1. The lowest BCUT2D eigenvalue weighted by molar-refractivity contribution is 0.0387. The molecular formula is C28H32FN3O7S2. The minimum absolute atomic E-state index is 0.0455. The molecule has 0 bridgehead atoms. The summed E-state index contributed by atoms with van der Waals surface area (Å²) in [6.45, 7) is 3.20. The van der Waals surface area contributed by atoms with E-state index in [0.29, 0.717) is 0 Å². The summed E-state index contributed by atoms with van der Waals surface area (Å²) in [5, 5.41) is 9.87. The van der Waals surface area contributed by atoms with Crippen LogP contribution in [0.2, 0.25) is 0 Å². The van der Waals surface area contributed by atoms with Crippen molar-refractivity contribution >= 4 is 31.6 Å². The topological polar surface area (TPSA) is 133 Å². The number of ether oxygens (including phenoxy) is 1. The summed E-state index contributed by atoms with van der Waals surface area (Å²) in [6.07, 6.45) is -0.734. The Kier molecular flexibility index (Phi) is 9.02. The van der Waals surface area contributed by atoms with Crippen LogP contribution in [-0.2, 0) is 20.0 Å². The normalized spacial score (nSPS) is 18.7. The molecule has 0 aromatic heterocycles. The number of nitrogens with one attached hydrogen (secondary N) is 1. The monoisotopic (exact) mass is 605 g/mol. The molecule has 0 saturated heterocycles. The number of rotatable bonds is 9. The van der Waals surface area contributed by atoms with Gasteiger partial charge in [-0.3, -0.25) is 9.52 Å². The van der Waals surface area contributed by atoms with Crippen LogP contribution in [0.4, 0.5) is 10.1 Å². The fraction of sp³-hybridized carbons (Fsp3) is 0.321. The van der Waals surface area contributed by atoms with Gasteiger partial charge in [0.15, 0.2) is 0 Å². The molecule has 41 heavy (non-hydrogen) atoms. The first kappa shape index (κ1) is 30.4. The molecule has 3 atom stereocenters. The second-order valence-corrected chi connectivity index (χ2v) is 13.7. The van der Waals surface area contributed by atoms with E-state index in [1.165, 1.54) is 54.4 Å². The second-order valence-electron chi connectivity index (χ2n) is 9.99. The van der Waals surface area contributed by atoms with Crippen LogP contribution in [0.15, 0.2) is 82.6 Å². The van der Waals surface area contributed by atoms with Crippen molar-refractivity contribution in [3.63, 3.8) is 0 Å². The molecule has 10 nitrogen and oxygen atoms in total. The second kappa shape index (κ2) is 12.1. The van der Waals surface area contributed by atoms with Gasteiger partial charge in [0, 0.05) is 25.2 Å². The number of carbonyl (C=O) groups is 1. The van der Waals surface area contributed by atoms with E-state index >= 15 is 0 Å². The first-order valence-corrected chi connectivity index (χ1v) is 15.8. The highest BCUT2D eigenvalue weighted by molar-refractivity contribution is 7.92. The maximum atomic E-state index is 13.6. The Labute approximate surface area is 239 Å². The van der Waals surface area contributed by atoms with Gasteiger partial charge < -0.3 is 14.7 Å². The van der Waals surface area contributed by atoms with Crippen LogP contribution in [0.1, 0.15) is 24.2 Å². The number of halogens is 1. The van der Waals surface area contributed by atoms with Crippen molar-refractivity contribution in [2.45, 2.75) is 35.8 Å². The molecule has 1 aliphatic heterocycles. The summed E-state index contributed by atoms with van der Waals surface area (Å²) in [5.74, 6) is -1.27. The molecular weight excluding hydrogens is 573 g/mol. The zero-order valence-electron chi connectivity index (χ0n) is 22.8. The van der Waals surface area contributed by atoms with Gasteiger partial charge in [0.05, 0.1) is 34.5 Å². The summed E-state index contributed by atoms with van der Waals surface area (Å²) in [5.41, 5.74) is 0.182. The minimum Gasteiger partial charge on any atom is -0.488 e. The maximum absolute atomic E-state index is 13.6. The molecule has 0 aliphatic carbocycles. The van der Waals surface area contributed by atoms with Crippen LogP contribution in [-0.4, -0.2) is 75.9 Å². The molecule has 3 aromatic rings. The third-order valence-corrected chi connectivity index (χ3v) is 10.2. The number of likely N-dealkylation sites (N-methyl/N-ethyl adjacent to an activating group) is 1. The lowest BCUT2D eigenvalue weighted by atomic mass is 9.99. The zero-order chi connectivity index (χ0) is 29.9. The molecule has 2 N–H and O–H groups in total. The van der Waals surface area contributed by atoms with Crippen LogP contribution in [0, 0.1) is 11.7 Å². The first-order valence-electron chi connectivity index (χ1n) is 12.9. The number of hydrogen-bond acceptors (Lipinski definition) is 7.